The van der Waals surface area contributed by atoms with E-state index in [9.17, 15) is 0 Å². The molecule has 1 aromatic rings. The lowest BCUT2D eigenvalue weighted by atomic mass is 9.77. The summed E-state index contributed by atoms with van der Waals surface area (Å²) in [5.74, 6) is 0.779. The Kier molecular flexibility index (Phi) is 4.60. The molecule has 1 aliphatic rings. The molecule has 0 spiro atoms. The highest BCUT2D eigenvalue weighted by molar-refractivity contribution is 6.32. The Morgan fingerprint density at radius 1 is 1.25 bits per heavy atom. The van der Waals surface area contributed by atoms with Crippen LogP contribution >= 0.6 is 11.6 Å². The van der Waals surface area contributed by atoms with Crippen molar-refractivity contribution in [1.29, 1.82) is 5.26 Å². The van der Waals surface area contributed by atoms with Crippen molar-refractivity contribution in [2.45, 2.75) is 40.0 Å². The van der Waals surface area contributed by atoms with E-state index >= 15 is 0 Å². The maximum atomic E-state index is 8.94. The quantitative estimate of drug-likeness (QED) is 0.738. The van der Waals surface area contributed by atoms with E-state index in [1.54, 1.807) is 0 Å². The van der Waals surface area contributed by atoms with Gasteiger partial charge in [0.25, 0.3) is 0 Å². The molecule has 1 heterocycles. The molecule has 0 bridgehead atoms. The fraction of sp³-hybridized carbons (Fsp3) is 0.588. The minimum Gasteiger partial charge on any atom is -0.371 e. The molecule has 2 nitrogen and oxygen atoms in total. The van der Waals surface area contributed by atoms with Crippen molar-refractivity contribution >= 4 is 17.3 Å². The number of benzene rings is 1. The van der Waals surface area contributed by atoms with Gasteiger partial charge in [-0.25, -0.2) is 0 Å². The summed E-state index contributed by atoms with van der Waals surface area (Å²) in [7, 11) is 0. The molecule has 1 unspecified atom stereocenters. The van der Waals surface area contributed by atoms with E-state index in [1.807, 2.05) is 18.2 Å². The Labute approximate surface area is 127 Å². The van der Waals surface area contributed by atoms with Gasteiger partial charge in [0, 0.05) is 18.8 Å². The molecule has 1 fully saturated rings. The van der Waals surface area contributed by atoms with E-state index in [2.05, 4.69) is 31.7 Å². The molecule has 2 rings (SSSR count). The Morgan fingerprint density at radius 2 is 2.00 bits per heavy atom. The fourth-order valence-corrected chi connectivity index (χ4v) is 3.23. The largest absolute Gasteiger partial charge is 0.371 e. The van der Waals surface area contributed by atoms with E-state index in [4.69, 9.17) is 16.9 Å². The zero-order valence-electron chi connectivity index (χ0n) is 12.6. The lowest BCUT2D eigenvalue weighted by Gasteiger charge is -2.30. The van der Waals surface area contributed by atoms with Crippen LogP contribution in [-0.2, 0) is 0 Å². The number of nitrogens with zero attached hydrogens (tertiary/aromatic N) is 2. The van der Waals surface area contributed by atoms with E-state index < -0.39 is 0 Å². The number of hydrogen-bond donors (Lipinski definition) is 0. The first-order valence-electron chi connectivity index (χ1n) is 7.36. The lowest BCUT2D eigenvalue weighted by molar-refractivity contribution is 0.220. The summed E-state index contributed by atoms with van der Waals surface area (Å²) in [6.45, 7) is 9.17. The molecule has 0 saturated carbocycles. The molecule has 1 saturated heterocycles. The molecule has 0 aliphatic carbocycles. The predicted octanol–water partition coefficient (Wildman–Crippen LogP) is 4.86. The second kappa shape index (κ2) is 6.06. The van der Waals surface area contributed by atoms with E-state index in [1.165, 1.54) is 19.3 Å². The summed E-state index contributed by atoms with van der Waals surface area (Å²) in [4.78, 5) is 2.40. The van der Waals surface area contributed by atoms with Crippen LogP contribution in [0, 0.1) is 22.7 Å². The van der Waals surface area contributed by atoms with E-state index in [0.29, 0.717) is 16.0 Å². The Balaban J connectivity index is 2.11. The molecule has 0 aromatic heterocycles. The van der Waals surface area contributed by atoms with Crippen LogP contribution in [0.5, 0.6) is 0 Å². The van der Waals surface area contributed by atoms with Crippen molar-refractivity contribution in [3.63, 3.8) is 0 Å². The van der Waals surface area contributed by atoms with Crippen molar-refractivity contribution in [3.05, 3.63) is 28.8 Å². The highest BCUT2D eigenvalue weighted by Crippen LogP contribution is 2.35. The molecule has 108 valence electrons. The van der Waals surface area contributed by atoms with E-state index in [-0.39, 0.29) is 0 Å². The van der Waals surface area contributed by atoms with Crippen LogP contribution in [0.4, 0.5) is 5.69 Å². The summed E-state index contributed by atoms with van der Waals surface area (Å²) < 4.78 is 0. The van der Waals surface area contributed by atoms with Gasteiger partial charge in [0.2, 0.25) is 0 Å². The van der Waals surface area contributed by atoms with Crippen LogP contribution in [-0.4, -0.2) is 13.1 Å². The molecule has 1 atom stereocenters. The van der Waals surface area contributed by atoms with Gasteiger partial charge in [0.1, 0.15) is 6.07 Å². The molecule has 0 amide bonds. The molecule has 3 heteroatoms. The summed E-state index contributed by atoms with van der Waals surface area (Å²) in [6.07, 6.45) is 3.74. The first-order chi connectivity index (χ1) is 9.41. The summed E-state index contributed by atoms with van der Waals surface area (Å²) in [5.41, 5.74) is 2.08. The second-order valence-electron chi connectivity index (χ2n) is 6.76. The van der Waals surface area contributed by atoms with Crippen molar-refractivity contribution in [2.75, 3.05) is 18.0 Å². The van der Waals surface area contributed by atoms with Crippen molar-refractivity contribution < 1.29 is 0 Å². The minimum atomic E-state index is 0.387. The monoisotopic (exact) mass is 290 g/mol. The van der Waals surface area contributed by atoms with Crippen LogP contribution in [0.3, 0.4) is 0 Å². The number of hydrogen-bond acceptors (Lipinski definition) is 2. The maximum Gasteiger partial charge on any atom is 0.101 e. The molecule has 20 heavy (non-hydrogen) atoms. The SMILES string of the molecule is CC(C)(C)C1CCCN(c2ccc(C#N)c(Cl)c2)CC1. The highest BCUT2D eigenvalue weighted by Gasteiger charge is 2.27. The van der Waals surface area contributed by atoms with E-state index in [0.717, 1.165) is 24.7 Å². The van der Waals surface area contributed by atoms with Gasteiger partial charge >= 0.3 is 0 Å². The highest BCUT2D eigenvalue weighted by atomic mass is 35.5. The third kappa shape index (κ3) is 3.46. The average molecular weight is 291 g/mol. The maximum absolute atomic E-state index is 8.94. The van der Waals surface area contributed by atoms with Gasteiger partial charge in [-0.3, -0.25) is 0 Å². The summed E-state index contributed by atoms with van der Waals surface area (Å²) >= 11 is 6.14. The van der Waals surface area contributed by atoms with Gasteiger partial charge in [-0.2, -0.15) is 5.26 Å². The minimum absolute atomic E-state index is 0.387. The van der Waals surface area contributed by atoms with Crippen molar-refractivity contribution in [2.24, 2.45) is 11.3 Å². The Morgan fingerprint density at radius 3 is 2.60 bits per heavy atom. The van der Waals surface area contributed by atoms with Gasteiger partial charge in [-0.05, 0) is 48.8 Å². The zero-order valence-corrected chi connectivity index (χ0v) is 13.4. The summed E-state index contributed by atoms with van der Waals surface area (Å²) in [6, 6.07) is 7.88. The fourth-order valence-electron chi connectivity index (χ4n) is 3.01. The molecule has 0 N–H and O–H groups in total. The van der Waals surface area contributed by atoms with Gasteiger partial charge in [0.15, 0.2) is 0 Å². The zero-order chi connectivity index (χ0) is 14.8. The Bertz CT molecular complexity index is 511. The normalized spacial score (nSPS) is 20.4. The third-order valence-corrected chi connectivity index (χ3v) is 4.70. The molecule has 1 aromatic carbocycles. The third-order valence-electron chi connectivity index (χ3n) is 4.39. The number of nitriles is 1. The van der Waals surface area contributed by atoms with Gasteiger partial charge in [-0.15, -0.1) is 0 Å². The van der Waals surface area contributed by atoms with Gasteiger partial charge < -0.3 is 4.90 Å². The van der Waals surface area contributed by atoms with Crippen LogP contribution in [0.15, 0.2) is 18.2 Å². The first-order valence-corrected chi connectivity index (χ1v) is 7.74. The summed E-state index contributed by atoms with van der Waals surface area (Å²) in [5, 5.41) is 9.50. The molecular formula is C17H23ClN2. The molecule has 0 radical (unpaired) electrons. The topological polar surface area (TPSA) is 27.0 Å². The molecule has 1 aliphatic heterocycles. The Hall–Kier alpha value is -1.20. The smallest absolute Gasteiger partial charge is 0.101 e. The van der Waals surface area contributed by atoms with Crippen LogP contribution in [0.1, 0.15) is 45.6 Å². The number of halogens is 1. The second-order valence-corrected chi connectivity index (χ2v) is 7.16. The number of anilines is 1. The van der Waals surface area contributed by atoms with Crippen LogP contribution in [0.2, 0.25) is 5.02 Å². The first kappa shape index (κ1) is 15.2. The lowest BCUT2D eigenvalue weighted by Crippen LogP contribution is -2.26. The molecular weight excluding hydrogens is 268 g/mol. The van der Waals surface area contributed by atoms with Gasteiger partial charge in [0.05, 0.1) is 10.6 Å². The standard InChI is InChI=1S/C17H23ClN2/c1-17(2,3)14-5-4-9-20(10-8-14)15-7-6-13(12-19)16(18)11-15/h6-7,11,14H,4-5,8-10H2,1-3H3. The van der Waals surface area contributed by atoms with Gasteiger partial charge in [-0.1, -0.05) is 32.4 Å². The number of rotatable bonds is 1. The van der Waals surface area contributed by atoms with Crippen LogP contribution < -0.4 is 4.90 Å². The van der Waals surface area contributed by atoms with Crippen LogP contribution in [0.25, 0.3) is 0 Å². The van der Waals surface area contributed by atoms with Crippen molar-refractivity contribution in [3.8, 4) is 6.07 Å². The predicted molar refractivity (Wildman–Crippen MR) is 85.2 cm³/mol. The van der Waals surface area contributed by atoms with Crippen molar-refractivity contribution in [1.82, 2.24) is 0 Å². The average Bonchev–Trinajstić information content (AvgIpc) is 2.63.